The molecule has 2 rings (SSSR count). The zero-order chi connectivity index (χ0) is 15.4. The predicted molar refractivity (Wildman–Crippen MR) is 84.9 cm³/mol. The first-order valence-corrected chi connectivity index (χ1v) is 7.81. The molecule has 116 valence electrons. The molecule has 3 nitrogen and oxygen atoms in total. The first-order valence-electron chi connectivity index (χ1n) is 7.81. The number of hydrogen-bond acceptors (Lipinski definition) is 2. The highest BCUT2D eigenvalue weighted by Gasteiger charge is 2.27. The number of rotatable bonds is 4. The van der Waals surface area contributed by atoms with Crippen LogP contribution in [0.4, 0.5) is 15.8 Å². The summed E-state index contributed by atoms with van der Waals surface area (Å²) in [5.41, 5.74) is 1.11. The molecule has 0 bridgehead atoms. The number of carbonyl (C=O) groups excluding carboxylic acids is 1. The predicted octanol–water partition coefficient (Wildman–Crippen LogP) is 4.41. The highest BCUT2D eigenvalue weighted by Crippen LogP contribution is 2.33. The van der Waals surface area contributed by atoms with Gasteiger partial charge in [-0.25, -0.2) is 4.39 Å². The minimum atomic E-state index is -0.403. The van der Waals surface area contributed by atoms with Crippen LogP contribution in [-0.4, -0.2) is 11.9 Å². The van der Waals surface area contributed by atoms with Crippen molar-refractivity contribution in [3.8, 4) is 0 Å². The van der Waals surface area contributed by atoms with Crippen molar-refractivity contribution in [1.82, 2.24) is 0 Å². The van der Waals surface area contributed by atoms with Crippen molar-refractivity contribution in [3.63, 3.8) is 0 Å². The maximum absolute atomic E-state index is 13.7. The minimum absolute atomic E-state index is 0.240. The second kappa shape index (κ2) is 6.92. The highest BCUT2D eigenvalue weighted by atomic mass is 19.1. The SMILES string of the molecule is CC(=O)Nc1cc(NC2CCCCC2C(C)C)ccc1F. The Morgan fingerprint density at radius 2 is 2.00 bits per heavy atom. The monoisotopic (exact) mass is 292 g/mol. The lowest BCUT2D eigenvalue weighted by Gasteiger charge is -2.35. The van der Waals surface area contributed by atoms with E-state index in [0.29, 0.717) is 17.9 Å². The molecule has 0 heterocycles. The molecule has 1 aliphatic rings. The fourth-order valence-corrected chi connectivity index (χ4v) is 3.25. The third-order valence-electron chi connectivity index (χ3n) is 4.30. The Hall–Kier alpha value is -1.58. The van der Waals surface area contributed by atoms with Crippen LogP contribution >= 0.6 is 0 Å². The first-order chi connectivity index (χ1) is 9.97. The molecule has 2 N–H and O–H groups in total. The Labute approximate surface area is 126 Å². The maximum atomic E-state index is 13.7. The van der Waals surface area contributed by atoms with E-state index in [1.807, 2.05) is 0 Å². The highest BCUT2D eigenvalue weighted by molar-refractivity contribution is 5.89. The number of anilines is 2. The summed E-state index contributed by atoms with van der Waals surface area (Å²) in [7, 11) is 0. The fourth-order valence-electron chi connectivity index (χ4n) is 3.25. The molecule has 4 heteroatoms. The molecular weight excluding hydrogens is 267 g/mol. The maximum Gasteiger partial charge on any atom is 0.221 e. The van der Waals surface area contributed by atoms with Crippen LogP contribution in [0.1, 0.15) is 46.5 Å². The molecule has 1 fully saturated rings. The Kier molecular flexibility index (Phi) is 5.21. The molecule has 1 amide bonds. The smallest absolute Gasteiger partial charge is 0.221 e. The lowest BCUT2D eigenvalue weighted by Crippen LogP contribution is -2.35. The fraction of sp³-hybridized carbons (Fsp3) is 0.588. The van der Waals surface area contributed by atoms with E-state index in [9.17, 15) is 9.18 Å². The summed E-state index contributed by atoms with van der Waals surface area (Å²) >= 11 is 0. The summed E-state index contributed by atoms with van der Waals surface area (Å²) in [5.74, 6) is 0.620. The zero-order valence-corrected chi connectivity index (χ0v) is 13.1. The van der Waals surface area contributed by atoms with E-state index in [4.69, 9.17) is 0 Å². The van der Waals surface area contributed by atoms with Gasteiger partial charge in [-0.2, -0.15) is 0 Å². The summed E-state index contributed by atoms with van der Waals surface area (Å²) in [4.78, 5) is 11.1. The lowest BCUT2D eigenvalue weighted by atomic mass is 9.78. The number of halogens is 1. The molecule has 0 saturated heterocycles. The van der Waals surface area contributed by atoms with Gasteiger partial charge in [-0.1, -0.05) is 26.7 Å². The van der Waals surface area contributed by atoms with E-state index in [0.717, 1.165) is 12.1 Å². The van der Waals surface area contributed by atoms with E-state index >= 15 is 0 Å². The summed E-state index contributed by atoms with van der Waals surface area (Å²) in [6, 6.07) is 5.25. The summed E-state index contributed by atoms with van der Waals surface area (Å²) in [5, 5.41) is 6.07. The molecule has 0 radical (unpaired) electrons. The van der Waals surface area contributed by atoms with Crippen LogP contribution in [0.3, 0.4) is 0 Å². The topological polar surface area (TPSA) is 41.1 Å². The number of nitrogens with one attached hydrogen (secondary N) is 2. The van der Waals surface area contributed by atoms with Crippen molar-refractivity contribution >= 4 is 17.3 Å². The molecule has 0 spiro atoms. The summed E-state index contributed by atoms with van der Waals surface area (Å²) in [6.07, 6.45) is 4.92. The van der Waals surface area contributed by atoms with Crippen LogP contribution in [-0.2, 0) is 4.79 Å². The van der Waals surface area contributed by atoms with Crippen LogP contribution in [0.5, 0.6) is 0 Å². The molecule has 1 aliphatic carbocycles. The van der Waals surface area contributed by atoms with Gasteiger partial charge in [-0.3, -0.25) is 4.79 Å². The van der Waals surface area contributed by atoms with E-state index < -0.39 is 5.82 Å². The Morgan fingerprint density at radius 1 is 1.29 bits per heavy atom. The van der Waals surface area contributed by atoms with E-state index in [1.54, 1.807) is 12.1 Å². The number of benzene rings is 1. The van der Waals surface area contributed by atoms with Crippen molar-refractivity contribution in [3.05, 3.63) is 24.0 Å². The van der Waals surface area contributed by atoms with Gasteiger partial charge in [-0.05, 0) is 42.9 Å². The van der Waals surface area contributed by atoms with Gasteiger partial charge in [0, 0.05) is 18.7 Å². The molecule has 1 aromatic rings. The number of amides is 1. The van der Waals surface area contributed by atoms with Crippen molar-refractivity contribution in [1.29, 1.82) is 0 Å². The van der Waals surface area contributed by atoms with E-state index in [1.165, 1.54) is 32.3 Å². The third-order valence-corrected chi connectivity index (χ3v) is 4.30. The average Bonchev–Trinajstić information content (AvgIpc) is 2.42. The van der Waals surface area contributed by atoms with Crippen LogP contribution in [0.2, 0.25) is 0 Å². The minimum Gasteiger partial charge on any atom is -0.382 e. The van der Waals surface area contributed by atoms with Crippen LogP contribution < -0.4 is 10.6 Å². The van der Waals surface area contributed by atoms with Gasteiger partial charge in [-0.15, -0.1) is 0 Å². The summed E-state index contributed by atoms with van der Waals surface area (Å²) < 4.78 is 13.7. The molecular formula is C17H25FN2O. The first kappa shape index (κ1) is 15.8. The number of carbonyl (C=O) groups is 1. The average molecular weight is 292 g/mol. The largest absolute Gasteiger partial charge is 0.382 e. The molecule has 2 unspecified atom stereocenters. The quantitative estimate of drug-likeness (QED) is 0.863. The normalized spacial score (nSPS) is 22.1. The van der Waals surface area contributed by atoms with Gasteiger partial charge in [0.05, 0.1) is 5.69 Å². The van der Waals surface area contributed by atoms with Crippen molar-refractivity contribution in [2.24, 2.45) is 11.8 Å². The van der Waals surface area contributed by atoms with Gasteiger partial charge >= 0.3 is 0 Å². The Bertz CT molecular complexity index is 502. The number of hydrogen-bond donors (Lipinski definition) is 2. The van der Waals surface area contributed by atoms with Gasteiger partial charge in [0.15, 0.2) is 0 Å². The molecule has 0 aromatic heterocycles. The second-order valence-corrected chi connectivity index (χ2v) is 6.32. The van der Waals surface area contributed by atoms with Crippen molar-refractivity contribution < 1.29 is 9.18 Å². The third kappa shape index (κ3) is 4.19. The molecule has 2 atom stereocenters. The van der Waals surface area contributed by atoms with E-state index in [2.05, 4.69) is 24.5 Å². The van der Waals surface area contributed by atoms with Gasteiger partial charge in [0.25, 0.3) is 0 Å². The van der Waals surface area contributed by atoms with Gasteiger partial charge < -0.3 is 10.6 Å². The van der Waals surface area contributed by atoms with Crippen LogP contribution in [0, 0.1) is 17.7 Å². The Morgan fingerprint density at radius 3 is 2.67 bits per heavy atom. The van der Waals surface area contributed by atoms with Crippen molar-refractivity contribution in [2.45, 2.75) is 52.5 Å². The summed E-state index contributed by atoms with van der Waals surface area (Å²) in [6.45, 7) is 5.91. The molecule has 21 heavy (non-hydrogen) atoms. The van der Waals surface area contributed by atoms with Crippen LogP contribution in [0.15, 0.2) is 18.2 Å². The molecule has 0 aliphatic heterocycles. The van der Waals surface area contributed by atoms with Crippen LogP contribution in [0.25, 0.3) is 0 Å². The molecule has 1 saturated carbocycles. The van der Waals surface area contributed by atoms with Gasteiger partial charge in [0.2, 0.25) is 5.91 Å². The Balaban J connectivity index is 2.12. The van der Waals surface area contributed by atoms with Crippen molar-refractivity contribution in [2.75, 3.05) is 10.6 Å². The zero-order valence-electron chi connectivity index (χ0n) is 13.1. The van der Waals surface area contributed by atoms with Gasteiger partial charge in [0.1, 0.15) is 5.82 Å². The molecule has 1 aromatic carbocycles. The van der Waals surface area contributed by atoms with E-state index in [-0.39, 0.29) is 11.6 Å². The second-order valence-electron chi connectivity index (χ2n) is 6.32. The standard InChI is InChI=1S/C17H25FN2O/c1-11(2)14-6-4-5-7-16(14)20-13-8-9-15(18)17(10-13)19-12(3)21/h8-11,14,16,20H,4-7H2,1-3H3,(H,19,21). The lowest BCUT2D eigenvalue weighted by molar-refractivity contribution is -0.114.